The SMILES string of the molecule is CCN1CC(CC)(CC)c2cc(OCc3ccccc3)ccc21. The van der Waals surface area contributed by atoms with Gasteiger partial charge in [-0.3, -0.25) is 0 Å². The van der Waals surface area contributed by atoms with Gasteiger partial charge in [-0.2, -0.15) is 0 Å². The Morgan fingerprint density at radius 2 is 1.74 bits per heavy atom. The fourth-order valence-corrected chi connectivity index (χ4v) is 3.72. The molecule has 0 aromatic heterocycles. The third kappa shape index (κ3) is 2.95. The van der Waals surface area contributed by atoms with Crippen molar-refractivity contribution in [3.8, 4) is 5.75 Å². The monoisotopic (exact) mass is 309 g/mol. The Morgan fingerprint density at radius 1 is 1.00 bits per heavy atom. The summed E-state index contributed by atoms with van der Waals surface area (Å²) in [4.78, 5) is 2.50. The van der Waals surface area contributed by atoms with Crippen LogP contribution in [-0.4, -0.2) is 13.1 Å². The number of anilines is 1. The lowest BCUT2D eigenvalue weighted by Gasteiger charge is -2.28. The lowest BCUT2D eigenvalue weighted by Crippen LogP contribution is -2.32. The maximum atomic E-state index is 6.05. The molecule has 3 rings (SSSR count). The highest BCUT2D eigenvalue weighted by molar-refractivity contribution is 5.64. The minimum absolute atomic E-state index is 0.275. The predicted molar refractivity (Wildman–Crippen MR) is 97.4 cm³/mol. The molecule has 122 valence electrons. The van der Waals surface area contributed by atoms with Crippen LogP contribution in [0.3, 0.4) is 0 Å². The molecule has 0 saturated carbocycles. The Hall–Kier alpha value is -1.96. The van der Waals surface area contributed by atoms with E-state index in [0.717, 1.165) is 18.8 Å². The highest BCUT2D eigenvalue weighted by atomic mass is 16.5. The number of nitrogens with zero attached hydrogens (tertiary/aromatic N) is 1. The number of hydrogen-bond acceptors (Lipinski definition) is 2. The molecule has 2 nitrogen and oxygen atoms in total. The molecular weight excluding hydrogens is 282 g/mol. The maximum absolute atomic E-state index is 6.05. The van der Waals surface area contributed by atoms with Crippen LogP contribution in [0.5, 0.6) is 5.75 Å². The van der Waals surface area contributed by atoms with Crippen molar-refractivity contribution in [2.75, 3.05) is 18.0 Å². The van der Waals surface area contributed by atoms with Crippen molar-refractivity contribution in [1.29, 1.82) is 0 Å². The second-order valence-corrected chi connectivity index (χ2v) is 6.45. The predicted octanol–water partition coefficient (Wildman–Crippen LogP) is 5.16. The van der Waals surface area contributed by atoms with Gasteiger partial charge in [0, 0.05) is 24.2 Å². The van der Waals surface area contributed by atoms with Crippen molar-refractivity contribution in [1.82, 2.24) is 0 Å². The van der Waals surface area contributed by atoms with Gasteiger partial charge >= 0.3 is 0 Å². The third-order valence-corrected chi connectivity index (χ3v) is 5.36. The molecule has 1 aliphatic rings. The van der Waals surface area contributed by atoms with Gasteiger partial charge in [-0.1, -0.05) is 44.2 Å². The van der Waals surface area contributed by atoms with Crippen LogP contribution in [0.2, 0.25) is 0 Å². The van der Waals surface area contributed by atoms with Gasteiger partial charge in [0.05, 0.1) is 0 Å². The molecule has 2 aromatic rings. The summed E-state index contributed by atoms with van der Waals surface area (Å²) >= 11 is 0. The number of rotatable bonds is 6. The van der Waals surface area contributed by atoms with Crippen LogP contribution in [0, 0.1) is 0 Å². The number of fused-ring (bicyclic) bond motifs is 1. The number of hydrogen-bond donors (Lipinski definition) is 0. The number of benzene rings is 2. The lowest BCUT2D eigenvalue weighted by atomic mass is 9.77. The quantitative estimate of drug-likeness (QED) is 0.730. The number of ether oxygens (including phenoxy) is 1. The van der Waals surface area contributed by atoms with Gasteiger partial charge in [0.25, 0.3) is 0 Å². The van der Waals surface area contributed by atoms with E-state index in [9.17, 15) is 0 Å². The zero-order valence-corrected chi connectivity index (χ0v) is 14.5. The van der Waals surface area contributed by atoms with Crippen LogP contribution in [0.25, 0.3) is 0 Å². The summed E-state index contributed by atoms with van der Waals surface area (Å²) in [6.45, 7) is 9.69. The minimum atomic E-state index is 0.275. The molecule has 0 saturated heterocycles. The molecule has 1 aliphatic heterocycles. The highest BCUT2D eigenvalue weighted by Crippen LogP contribution is 2.46. The summed E-state index contributed by atoms with van der Waals surface area (Å²) in [6, 6.07) is 17.0. The summed E-state index contributed by atoms with van der Waals surface area (Å²) in [6.07, 6.45) is 2.35. The van der Waals surface area contributed by atoms with E-state index in [0.29, 0.717) is 6.61 Å². The first kappa shape index (κ1) is 15.9. The van der Waals surface area contributed by atoms with Crippen LogP contribution in [0.1, 0.15) is 44.7 Å². The van der Waals surface area contributed by atoms with E-state index in [4.69, 9.17) is 4.74 Å². The molecule has 0 bridgehead atoms. The van der Waals surface area contributed by atoms with Gasteiger partial charge in [0.2, 0.25) is 0 Å². The Kier molecular flexibility index (Phi) is 4.61. The fourth-order valence-electron chi connectivity index (χ4n) is 3.72. The van der Waals surface area contributed by atoms with Crippen molar-refractivity contribution in [2.24, 2.45) is 0 Å². The Bertz CT molecular complexity index is 646. The molecule has 0 fully saturated rings. The van der Waals surface area contributed by atoms with Gasteiger partial charge in [0.1, 0.15) is 12.4 Å². The maximum Gasteiger partial charge on any atom is 0.120 e. The highest BCUT2D eigenvalue weighted by Gasteiger charge is 2.39. The number of likely N-dealkylation sites (N-methyl/N-ethyl adjacent to an activating group) is 1. The molecule has 0 spiro atoms. The Morgan fingerprint density at radius 3 is 2.39 bits per heavy atom. The largest absolute Gasteiger partial charge is 0.489 e. The van der Waals surface area contributed by atoms with E-state index in [1.165, 1.54) is 29.7 Å². The average Bonchev–Trinajstić information content (AvgIpc) is 2.94. The molecule has 23 heavy (non-hydrogen) atoms. The van der Waals surface area contributed by atoms with Gasteiger partial charge in [-0.15, -0.1) is 0 Å². The molecule has 0 amide bonds. The van der Waals surface area contributed by atoms with E-state index in [2.05, 4.69) is 68.1 Å². The summed E-state index contributed by atoms with van der Waals surface area (Å²) in [7, 11) is 0. The smallest absolute Gasteiger partial charge is 0.120 e. The van der Waals surface area contributed by atoms with Crippen LogP contribution in [0.4, 0.5) is 5.69 Å². The summed E-state index contributed by atoms with van der Waals surface area (Å²) < 4.78 is 6.05. The topological polar surface area (TPSA) is 12.5 Å². The van der Waals surface area contributed by atoms with E-state index in [1.807, 2.05) is 6.07 Å². The van der Waals surface area contributed by atoms with Crippen LogP contribution in [0.15, 0.2) is 48.5 Å². The standard InChI is InChI=1S/C21H27NO/c1-4-21(5-2)16-22(6-3)20-13-12-18(14-19(20)21)23-15-17-10-8-7-9-11-17/h7-14H,4-6,15-16H2,1-3H3. The Labute approximate surface area is 140 Å². The van der Waals surface area contributed by atoms with Crippen LogP contribution in [-0.2, 0) is 12.0 Å². The average molecular weight is 309 g/mol. The lowest BCUT2D eigenvalue weighted by molar-refractivity contribution is 0.305. The molecule has 0 atom stereocenters. The molecule has 0 radical (unpaired) electrons. The normalized spacial score (nSPS) is 15.5. The molecule has 1 heterocycles. The van der Waals surface area contributed by atoms with Crippen molar-refractivity contribution in [3.05, 3.63) is 59.7 Å². The zero-order chi connectivity index (χ0) is 16.3. The Balaban J connectivity index is 1.85. The van der Waals surface area contributed by atoms with E-state index in [1.54, 1.807) is 0 Å². The van der Waals surface area contributed by atoms with Gasteiger partial charge in [-0.05, 0) is 49.1 Å². The fraction of sp³-hybridized carbons (Fsp3) is 0.429. The van der Waals surface area contributed by atoms with Gasteiger partial charge in [-0.25, -0.2) is 0 Å². The second kappa shape index (κ2) is 6.66. The van der Waals surface area contributed by atoms with Crippen LogP contribution >= 0.6 is 0 Å². The van der Waals surface area contributed by atoms with Crippen molar-refractivity contribution in [2.45, 2.75) is 45.6 Å². The van der Waals surface area contributed by atoms with Crippen molar-refractivity contribution in [3.63, 3.8) is 0 Å². The minimum Gasteiger partial charge on any atom is -0.489 e. The first-order valence-electron chi connectivity index (χ1n) is 8.78. The zero-order valence-electron chi connectivity index (χ0n) is 14.5. The third-order valence-electron chi connectivity index (χ3n) is 5.36. The molecule has 2 aromatic carbocycles. The molecule has 0 N–H and O–H groups in total. The second-order valence-electron chi connectivity index (χ2n) is 6.45. The summed E-state index contributed by atoms with van der Waals surface area (Å²) in [5, 5.41) is 0. The van der Waals surface area contributed by atoms with Gasteiger partial charge in [0.15, 0.2) is 0 Å². The molecular formula is C21H27NO. The van der Waals surface area contributed by atoms with Crippen molar-refractivity contribution < 1.29 is 4.74 Å². The van der Waals surface area contributed by atoms with E-state index < -0.39 is 0 Å². The first-order valence-corrected chi connectivity index (χ1v) is 8.78. The van der Waals surface area contributed by atoms with Crippen LogP contribution < -0.4 is 9.64 Å². The summed E-state index contributed by atoms with van der Waals surface area (Å²) in [5.74, 6) is 0.983. The first-order chi connectivity index (χ1) is 11.2. The molecule has 0 aliphatic carbocycles. The molecule has 2 heteroatoms. The van der Waals surface area contributed by atoms with E-state index in [-0.39, 0.29) is 5.41 Å². The summed E-state index contributed by atoms with van der Waals surface area (Å²) in [5.41, 5.74) is 4.34. The molecule has 0 unspecified atom stereocenters. The van der Waals surface area contributed by atoms with E-state index >= 15 is 0 Å². The van der Waals surface area contributed by atoms with Gasteiger partial charge < -0.3 is 9.64 Å². The van der Waals surface area contributed by atoms with Crippen molar-refractivity contribution >= 4 is 5.69 Å².